The molecule has 1 heterocycles. The highest BCUT2D eigenvalue weighted by molar-refractivity contribution is 6.08. The SMILES string of the molecule is CN[C@H]1[C@@H](O[C@@H]2c3cc4ccccc4cc3[C@@H]3[C@H]2C=C[C@]32C(=O)C=Cc3ccc(OC)cc32)O[C@H](C)[C@H](O)[C@@H]1O. The van der Waals surface area contributed by atoms with Crippen LogP contribution < -0.4 is 10.1 Å². The van der Waals surface area contributed by atoms with Crippen molar-refractivity contribution in [2.24, 2.45) is 5.92 Å². The fraction of sp³-hybridized carbons (Fsp3) is 0.364. The molecule has 0 unspecified atom stereocenters. The summed E-state index contributed by atoms with van der Waals surface area (Å²) in [6.07, 6.45) is 3.83. The summed E-state index contributed by atoms with van der Waals surface area (Å²) in [5.41, 5.74) is 3.10. The van der Waals surface area contributed by atoms with E-state index in [1.807, 2.05) is 36.4 Å². The van der Waals surface area contributed by atoms with Crippen LogP contribution in [0, 0.1) is 5.92 Å². The molecule has 7 heteroatoms. The van der Waals surface area contributed by atoms with E-state index in [0.29, 0.717) is 5.75 Å². The Morgan fingerprint density at radius 1 is 0.975 bits per heavy atom. The number of carbonyl (C=O) groups is 1. The van der Waals surface area contributed by atoms with Crippen molar-refractivity contribution < 1.29 is 29.2 Å². The van der Waals surface area contributed by atoms with Gasteiger partial charge in [0.2, 0.25) is 0 Å². The Hall–Kier alpha value is -3.33. The average molecular weight is 540 g/mol. The maximum atomic E-state index is 14.0. The fourth-order valence-corrected chi connectivity index (χ4v) is 7.36. The standard InChI is InChI=1S/C33H33NO6/c1-17-29(36)30(37)28(34-2)32(39-17)40-31-22-12-13-33(25-16-21(38-3)10-8-18(25)9-11-26(33)35)27(22)23-14-19-6-4-5-7-20(19)15-24(23)31/h4-17,22,27-32,34,36-37H,1-3H3/t17-,22-,27+,28-,29+,30-,31+,32-,33+/m1/s1. The van der Waals surface area contributed by atoms with Gasteiger partial charge < -0.3 is 29.7 Å². The van der Waals surface area contributed by atoms with Crippen molar-refractivity contribution in [2.75, 3.05) is 14.2 Å². The Morgan fingerprint density at radius 2 is 1.73 bits per heavy atom. The number of likely N-dealkylation sites (N-methyl/N-ethyl adjacent to an activating group) is 1. The van der Waals surface area contributed by atoms with Gasteiger partial charge in [0.15, 0.2) is 12.1 Å². The minimum Gasteiger partial charge on any atom is -0.497 e. The molecular weight excluding hydrogens is 506 g/mol. The number of aliphatic hydroxyl groups excluding tert-OH is 2. The minimum absolute atomic E-state index is 0.0333. The van der Waals surface area contributed by atoms with Crippen LogP contribution in [0.25, 0.3) is 16.8 Å². The van der Waals surface area contributed by atoms with Gasteiger partial charge in [0.05, 0.1) is 30.8 Å². The van der Waals surface area contributed by atoms with Crippen molar-refractivity contribution in [3.05, 3.63) is 95.1 Å². The van der Waals surface area contributed by atoms with Crippen LogP contribution in [0.1, 0.15) is 41.2 Å². The van der Waals surface area contributed by atoms with Gasteiger partial charge in [-0.05, 0) is 71.3 Å². The third kappa shape index (κ3) is 3.52. The molecule has 1 saturated heterocycles. The second-order valence-electron chi connectivity index (χ2n) is 11.3. The van der Waals surface area contributed by atoms with Crippen LogP contribution in [0.5, 0.6) is 5.75 Å². The molecule has 3 aromatic rings. The minimum atomic E-state index is -1.05. The van der Waals surface area contributed by atoms with E-state index in [2.05, 4.69) is 41.7 Å². The molecule has 3 aliphatic carbocycles. The second-order valence-corrected chi connectivity index (χ2v) is 11.3. The average Bonchev–Trinajstić information content (AvgIpc) is 3.49. The molecule has 0 bridgehead atoms. The molecule has 1 aliphatic heterocycles. The smallest absolute Gasteiger partial charge is 0.176 e. The number of allylic oxidation sites excluding steroid dienone is 2. The number of fused-ring (bicyclic) bond motifs is 7. The highest BCUT2D eigenvalue weighted by Crippen LogP contribution is 2.63. The highest BCUT2D eigenvalue weighted by atomic mass is 16.7. The molecule has 3 aromatic carbocycles. The van der Waals surface area contributed by atoms with Gasteiger partial charge in [-0.25, -0.2) is 0 Å². The number of rotatable bonds is 4. The van der Waals surface area contributed by atoms with E-state index in [0.717, 1.165) is 33.0 Å². The summed E-state index contributed by atoms with van der Waals surface area (Å²) in [6, 6.07) is 17.9. The van der Waals surface area contributed by atoms with Crippen molar-refractivity contribution in [2.45, 2.75) is 55.0 Å². The number of hydrogen-bond donors (Lipinski definition) is 3. The summed E-state index contributed by atoms with van der Waals surface area (Å²) >= 11 is 0. The van der Waals surface area contributed by atoms with E-state index in [9.17, 15) is 15.0 Å². The van der Waals surface area contributed by atoms with Crippen LogP contribution in [0.15, 0.2) is 72.8 Å². The van der Waals surface area contributed by atoms with Crippen molar-refractivity contribution >= 4 is 22.6 Å². The van der Waals surface area contributed by atoms with E-state index in [1.54, 1.807) is 27.2 Å². The number of aliphatic hydroxyl groups is 2. The van der Waals surface area contributed by atoms with Crippen LogP contribution >= 0.6 is 0 Å². The van der Waals surface area contributed by atoms with Crippen LogP contribution in [0.3, 0.4) is 0 Å². The maximum Gasteiger partial charge on any atom is 0.176 e. The molecule has 1 spiro atoms. The summed E-state index contributed by atoms with van der Waals surface area (Å²) < 4.78 is 18.5. The van der Waals surface area contributed by atoms with Gasteiger partial charge in [-0.3, -0.25) is 4.79 Å². The third-order valence-electron chi connectivity index (χ3n) is 9.38. The normalized spacial score (nSPS) is 35.7. The molecule has 7 nitrogen and oxygen atoms in total. The van der Waals surface area contributed by atoms with E-state index in [4.69, 9.17) is 14.2 Å². The first-order valence-corrected chi connectivity index (χ1v) is 13.8. The molecule has 1 fully saturated rings. The molecule has 40 heavy (non-hydrogen) atoms. The number of ketones is 1. The van der Waals surface area contributed by atoms with E-state index < -0.39 is 42.2 Å². The zero-order valence-corrected chi connectivity index (χ0v) is 22.7. The zero-order valence-electron chi connectivity index (χ0n) is 22.7. The summed E-state index contributed by atoms with van der Waals surface area (Å²) in [6.45, 7) is 1.73. The summed E-state index contributed by atoms with van der Waals surface area (Å²) in [5, 5.41) is 26.5. The lowest BCUT2D eigenvalue weighted by Crippen LogP contribution is -2.62. The molecule has 3 N–H and O–H groups in total. The molecular formula is C33H33NO6. The molecule has 9 atom stereocenters. The Bertz CT molecular complexity index is 1560. The Kier molecular flexibility index (Phi) is 6.00. The summed E-state index contributed by atoms with van der Waals surface area (Å²) in [4.78, 5) is 14.0. The number of benzene rings is 3. The number of carbonyl (C=O) groups excluding carboxylic acids is 1. The predicted molar refractivity (Wildman–Crippen MR) is 151 cm³/mol. The van der Waals surface area contributed by atoms with Gasteiger partial charge in [0.25, 0.3) is 0 Å². The quantitative estimate of drug-likeness (QED) is 0.434. The summed E-state index contributed by atoms with van der Waals surface area (Å²) in [7, 11) is 3.36. The van der Waals surface area contributed by atoms with Crippen LogP contribution in [0.4, 0.5) is 0 Å². The lowest BCUT2D eigenvalue weighted by Gasteiger charge is -2.43. The zero-order chi connectivity index (χ0) is 27.8. The van der Waals surface area contributed by atoms with Gasteiger partial charge in [-0.15, -0.1) is 0 Å². The monoisotopic (exact) mass is 539 g/mol. The second kappa shape index (κ2) is 9.36. The topological polar surface area (TPSA) is 97.3 Å². The number of nitrogens with one attached hydrogen (secondary N) is 1. The number of ether oxygens (including phenoxy) is 3. The van der Waals surface area contributed by atoms with Gasteiger partial charge in [-0.2, -0.15) is 0 Å². The van der Waals surface area contributed by atoms with E-state index in [-0.39, 0.29) is 17.6 Å². The van der Waals surface area contributed by atoms with E-state index >= 15 is 0 Å². The first kappa shape index (κ1) is 25.6. The molecule has 4 aliphatic rings. The largest absolute Gasteiger partial charge is 0.497 e. The Labute approximate surface area is 233 Å². The van der Waals surface area contributed by atoms with Gasteiger partial charge in [0, 0.05) is 11.8 Å². The van der Waals surface area contributed by atoms with Crippen LogP contribution in [0.2, 0.25) is 0 Å². The van der Waals surface area contributed by atoms with Gasteiger partial charge in [-0.1, -0.05) is 54.6 Å². The van der Waals surface area contributed by atoms with Crippen molar-refractivity contribution in [3.8, 4) is 5.75 Å². The molecule has 0 saturated carbocycles. The number of hydrogen-bond acceptors (Lipinski definition) is 7. The first-order valence-electron chi connectivity index (χ1n) is 13.8. The lowest BCUT2D eigenvalue weighted by molar-refractivity contribution is -0.277. The van der Waals surface area contributed by atoms with Crippen molar-refractivity contribution in [3.63, 3.8) is 0 Å². The molecule has 206 valence electrons. The van der Waals surface area contributed by atoms with Crippen LogP contribution in [-0.2, 0) is 19.7 Å². The Balaban J connectivity index is 1.39. The predicted octanol–water partition coefficient (Wildman–Crippen LogP) is 3.78. The third-order valence-corrected chi connectivity index (χ3v) is 9.38. The highest BCUT2D eigenvalue weighted by Gasteiger charge is 2.59. The molecule has 7 rings (SSSR count). The maximum absolute atomic E-state index is 14.0. The van der Waals surface area contributed by atoms with Crippen molar-refractivity contribution in [1.82, 2.24) is 5.32 Å². The van der Waals surface area contributed by atoms with E-state index in [1.165, 1.54) is 0 Å². The Morgan fingerprint density at radius 3 is 2.45 bits per heavy atom. The fourth-order valence-electron chi connectivity index (χ4n) is 7.36. The first-order chi connectivity index (χ1) is 19.4. The van der Waals surface area contributed by atoms with Crippen molar-refractivity contribution in [1.29, 1.82) is 0 Å². The van der Waals surface area contributed by atoms with Gasteiger partial charge >= 0.3 is 0 Å². The number of methoxy groups -OCH3 is 1. The lowest BCUT2D eigenvalue weighted by atomic mass is 9.63. The molecule has 0 amide bonds. The summed E-state index contributed by atoms with van der Waals surface area (Å²) in [5.74, 6) is 0.384. The van der Waals surface area contributed by atoms with Crippen LogP contribution in [-0.4, -0.2) is 60.8 Å². The molecule has 0 radical (unpaired) electrons. The van der Waals surface area contributed by atoms with Gasteiger partial charge in [0.1, 0.15) is 18.0 Å². The molecule has 0 aromatic heterocycles.